The molecule has 0 aliphatic heterocycles. The van der Waals surface area contributed by atoms with E-state index in [-0.39, 0.29) is 12.4 Å². The summed E-state index contributed by atoms with van der Waals surface area (Å²) in [5, 5.41) is 0. The summed E-state index contributed by atoms with van der Waals surface area (Å²) in [5.41, 5.74) is 0. The Kier molecular flexibility index (Phi) is 19.5. The van der Waals surface area contributed by atoms with Gasteiger partial charge in [-0.15, -0.1) is 11.6 Å². The third-order valence-electron chi connectivity index (χ3n) is 3.46. The van der Waals surface area contributed by atoms with Crippen molar-refractivity contribution in [3.8, 4) is 0 Å². The first-order chi connectivity index (χ1) is 10.8. The van der Waals surface area contributed by atoms with Crippen LogP contribution in [0.15, 0.2) is 0 Å². The summed E-state index contributed by atoms with van der Waals surface area (Å²) >= 11 is 9.68. The second-order valence-electron chi connectivity index (χ2n) is 5.55. The molecule has 3 nitrogen and oxygen atoms in total. The molecule has 0 aromatic rings. The molecular formula is C17H33ClO3S. The average molecular weight is 353 g/mol. The van der Waals surface area contributed by atoms with Crippen LogP contribution >= 0.6 is 24.2 Å². The molecule has 22 heavy (non-hydrogen) atoms. The van der Waals surface area contributed by atoms with Gasteiger partial charge >= 0.3 is 0 Å². The van der Waals surface area contributed by atoms with Gasteiger partial charge in [0, 0.05) is 18.9 Å². The minimum atomic E-state index is 0.0561. The smallest absolute Gasteiger partial charge is 0.159 e. The molecule has 0 saturated carbocycles. The van der Waals surface area contributed by atoms with Crippen molar-refractivity contribution in [2.45, 2.75) is 64.2 Å². The highest BCUT2D eigenvalue weighted by Gasteiger charge is 2.00. The van der Waals surface area contributed by atoms with Crippen LogP contribution < -0.4 is 0 Å². The van der Waals surface area contributed by atoms with Gasteiger partial charge in [-0.25, -0.2) is 0 Å². The molecular weight excluding hydrogens is 320 g/mol. The molecule has 0 spiro atoms. The number of unbranched alkanes of at least 4 members (excludes halogenated alkanes) is 8. The molecule has 5 heteroatoms. The number of hydrogen-bond donors (Lipinski definition) is 1. The van der Waals surface area contributed by atoms with Gasteiger partial charge in [0.2, 0.25) is 0 Å². The molecule has 0 aliphatic rings. The highest BCUT2D eigenvalue weighted by atomic mass is 35.5. The van der Waals surface area contributed by atoms with Gasteiger partial charge in [0.1, 0.15) is 6.61 Å². The fraction of sp³-hybridized carbons (Fsp3) is 0.941. The van der Waals surface area contributed by atoms with Crippen molar-refractivity contribution >= 4 is 30.0 Å². The molecule has 0 radical (unpaired) electrons. The maximum absolute atomic E-state index is 11.1. The number of Topliss-reactive ketones (excluding diaryl/α,β-unsaturated/α-hetero) is 1. The van der Waals surface area contributed by atoms with Crippen molar-refractivity contribution in [2.24, 2.45) is 0 Å². The lowest BCUT2D eigenvalue weighted by Gasteiger charge is -2.05. The van der Waals surface area contributed by atoms with E-state index in [2.05, 4.69) is 12.6 Å². The monoisotopic (exact) mass is 352 g/mol. The van der Waals surface area contributed by atoms with Crippen molar-refractivity contribution < 1.29 is 14.3 Å². The van der Waals surface area contributed by atoms with Crippen LogP contribution in [0.25, 0.3) is 0 Å². The lowest BCUT2D eigenvalue weighted by atomic mass is 10.1. The van der Waals surface area contributed by atoms with Gasteiger partial charge in [0.05, 0.1) is 13.2 Å². The lowest BCUT2D eigenvalue weighted by Crippen LogP contribution is -2.12. The van der Waals surface area contributed by atoms with Crippen LogP contribution in [0.2, 0.25) is 0 Å². The van der Waals surface area contributed by atoms with Crippen molar-refractivity contribution in [3.63, 3.8) is 0 Å². The van der Waals surface area contributed by atoms with Crippen LogP contribution in [-0.2, 0) is 14.3 Å². The predicted molar refractivity (Wildman–Crippen MR) is 97.4 cm³/mol. The zero-order valence-electron chi connectivity index (χ0n) is 13.9. The van der Waals surface area contributed by atoms with Gasteiger partial charge in [-0.3, -0.25) is 4.79 Å². The first-order valence-electron chi connectivity index (χ1n) is 8.65. The number of thiol groups is 1. The maximum atomic E-state index is 11.1. The number of halogens is 1. The first kappa shape index (κ1) is 22.2. The van der Waals surface area contributed by atoms with Crippen LogP contribution in [0, 0.1) is 0 Å². The van der Waals surface area contributed by atoms with Gasteiger partial charge in [-0.2, -0.15) is 12.6 Å². The highest BCUT2D eigenvalue weighted by molar-refractivity contribution is 7.80. The van der Waals surface area contributed by atoms with E-state index in [0.29, 0.717) is 25.5 Å². The summed E-state index contributed by atoms with van der Waals surface area (Å²) in [7, 11) is 0. The van der Waals surface area contributed by atoms with Crippen LogP contribution in [0.1, 0.15) is 64.2 Å². The number of carbonyl (C=O) groups excluding carboxylic acids is 1. The SMILES string of the molecule is O=C(CCCl)COCCOCCCCCCCCCCCS. The molecule has 0 fully saturated rings. The second kappa shape index (κ2) is 19.3. The number of rotatable bonds is 18. The minimum absolute atomic E-state index is 0.0561. The number of ether oxygens (including phenoxy) is 2. The molecule has 0 unspecified atom stereocenters. The zero-order valence-corrected chi connectivity index (χ0v) is 15.5. The number of carbonyl (C=O) groups is 1. The summed E-state index contributed by atoms with van der Waals surface area (Å²) < 4.78 is 10.7. The fourth-order valence-electron chi connectivity index (χ4n) is 2.14. The third-order valence-corrected chi connectivity index (χ3v) is 3.96. The summed E-state index contributed by atoms with van der Waals surface area (Å²) in [6.07, 6.45) is 12.1. The predicted octanol–water partition coefficient (Wildman–Crippen LogP) is 4.66. The maximum Gasteiger partial charge on any atom is 0.159 e. The standard InChI is InChI=1S/C17H33ClO3S/c18-11-10-17(19)16-21-14-13-20-12-8-6-4-2-1-3-5-7-9-15-22/h22H,1-16H2. The third kappa shape index (κ3) is 18.3. The summed E-state index contributed by atoms with van der Waals surface area (Å²) in [5.74, 6) is 1.45. The molecule has 0 aliphatic carbocycles. The Morgan fingerprint density at radius 3 is 1.91 bits per heavy atom. The molecule has 0 aromatic carbocycles. The van der Waals surface area contributed by atoms with E-state index in [0.717, 1.165) is 18.8 Å². The molecule has 0 atom stereocenters. The van der Waals surface area contributed by atoms with Crippen molar-refractivity contribution in [3.05, 3.63) is 0 Å². The van der Waals surface area contributed by atoms with Crippen LogP contribution in [0.3, 0.4) is 0 Å². The lowest BCUT2D eigenvalue weighted by molar-refractivity contribution is -0.123. The molecule has 0 rings (SSSR count). The minimum Gasteiger partial charge on any atom is -0.379 e. The number of ketones is 1. The topological polar surface area (TPSA) is 35.5 Å². The Morgan fingerprint density at radius 1 is 0.773 bits per heavy atom. The summed E-state index contributed by atoms with van der Waals surface area (Å²) in [6, 6.07) is 0. The average Bonchev–Trinajstić information content (AvgIpc) is 2.51. The molecule has 0 saturated heterocycles. The van der Waals surface area contributed by atoms with E-state index in [1.54, 1.807) is 0 Å². The first-order valence-corrected chi connectivity index (χ1v) is 9.82. The van der Waals surface area contributed by atoms with Gasteiger partial charge in [-0.05, 0) is 18.6 Å². The Bertz CT molecular complexity index is 240. The van der Waals surface area contributed by atoms with E-state index in [1.165, 1.54) is 51.4 Å². The van der Waals surface area contributed by atoms with Crippen molar-refractivity contribution in [1.82, 2.24) is 0 Å². The second-order valence-corrected chi connectivity index (χ2v) is 6.37. The van der Waals surface area contributed by atoms with E-state index in [4.69, 9.17) is 21.1 Å². The normalized spacial score (nSPS) is 11.0. The van der Waals surface area contributed by atoms with E-state index in [1.807, 2.05) is 0 Å². The van der Waals surface area contributed by atoms with Gasteiger partial charge in [-0.1, -0.05) is 44.9 Å². The molecule has 0 bridgehead atoms. The van der Waals surface area contributed by atoms with Crippen LogP contribution in [0.5, 0.6) is 0 Å². The van der Waals surface area contributed by atoms with Crippen molar-refractivity contribution in [2.75, 3.05) is 38.1 Å². The molecule has 0 amide bonds. The van der Waals surface area contributed by atoms with E-state index in [9.17, 15) is 4.79 Å². The Hall–Kier alpha value is 0.230. The molecule has 0 N–H and O–H groups in total. The summed E-state index contributed by atoms with van der Waals surface area (Å²) in [4.78, 5) is 11.1. The van der Waals surface area contributed by atoms with Gasteiger partial charge < -0.3 is 9.47 Å². The molecule has 0 heterocycles. The largest absolute Gasteiger partial charge is 0.379 e. The fourth-order valence-corrected chi connectivity index (χ4v) is 2.57. The molecule has 0 aromatic heterocycles. The van der Waals surface area contributed by atoms with E-state index >= 15 is 0 Å². The van der Waals surface area contributed by atoms with Gasteiger partial charge in [0.25, 0.3) is 0 Å². The summed E-state index contributed by atoms with van der Waals surface area (Å²) in [6.45, 7) is 2.00. The Labute approximate surface area is 146 Å². The number of hydrogen-bond acceptors (Lipinski definition) is 4. The molecule has 132 valence electrons. The van der Waals surface area contributed by atoms with Crippen LogP contribution in [0.4, 0.5) is 0 Å². The van der Waals surface area contributed by atoms with E-state index < -0.39 is 0 Å². The zero-order chi connectivity index (χ0) is 16.3. The Morgan fingerprint density at radius 2 is 1.32 bits per heavy atom. The number of alkyl halides is 1. The Balaban J connectivity index is 3.01. The highest BCUT2D eigenvalue weighted by Crippen LogP contribution is 2.09. The van der Waals surface area contributed by atoms with Crippen molar-refractivity contribution in [1.29, 1.82) is 0 Å². The quantitative estimate of drug-likeness (QED) is 0.221. The van der Waals surface area contributed by atoms with Gasteiger partial charge in [0.15, 0.2) is 5.78 Å². The van der Waals surface area contributed by atoms with Crippen LogP contribution in [-0.4, -0.2) is 43.8 Å².